The molecule has 0 aromatic carbocycles. The maximum absolute atomic E-state index is 12.8. The Bertz CT molecular complexity index is 1040. The summed E-state index contributed by atoms with van der Waals surface area (Å²) in [7, 11) is 0. The minimum Gasteiger partial charge on any atom is -0.481 e. The molecule has 0 radical (unpaired) electrons. The second kappa shape index (κ2) is 20.5. The van der Waals surface area contributed by atoms with Crippen LogP contribution < -0.4 is 27.0 Å². The van der Waals surface area contributed by atoms with Crippen LogP contribution in [0.1, 0.15) is 69.9 Å². The van der Waals surface area contributed by atoms with Gasteiger partial charge in [-0.15, -0.1) is 5.10 Å². The largest absolute Gasteiger partial charge is 0.481 e. The number of amides is 5. The van der Waals surface area contributed by atoms with Gasteiger partial charge < -0.3 is 37.2 Å². The molecule has 1 rings (SSSR count). The molecule has 8 N–H and O–H groups in total. The molecule has 5 amide bonds. The minimum absolute atomic E-state index is 0.00878. The quantitative estimate of drug-likeness (QED) is 0.0802. The monoisotopic (exact) mass is 600 g/mol. The Morgan fingerprint density at radius 3 is 2.24 bits per heavy atom. The van der Waals surface area contributed by atoms with Crippen molar-refractivity contribution in [3.8, 4) is 0 Å². The zero-order valence-electron chi connectivity index (χ0n) is 23.5. The number of aromatic nitrogens is 3. The number of nitrogens with zero attached hydrogens (tertiary/aromatic N) is 3. The van der Waals surface area contributed by atoms with Gasteiger partial charge in [-0.2, -0.15) is 0 Å². The molecule has 17 heteroatoms. The lowest BCUT2D eigenvalue weighted by molar-refractivity contribution is -0.139. The standard InChI is InChI=1S/C25H41FN8O8/c26-12-6-7-17-15-34(33-32-17)16-21(36)30-18(23(39)29-14-4-1-2-9-22(37)38)10-11-20(35)28-13-5-3-8-19(24(40)41)31-25(27)42/h15,18-19H,1-14,16H2,(H,28,35)(H,29,39)(H,30,36)(H,37,38)(H,40,41)(H3,27,31,42)/t18-,19-/m0/s1. The Morgan fingerprint density at radius 2 is 1.57 bits per heavy atom. The fraction of sp³-hybridized carbons (Fsp3) is 0.680. The molecule has 16 nitrogen and oxygen atoms in total. The summed E-state index contributed by atoms with van der Waals surface area (Å²) in [5.41, 5.74) is 5.48. The predicted molar refractivity (Wildman–Crippen MR) is 146 cm³/mol. The second-order valence-corrected chi connectivity index (χ2v) is 9.60. The van der Waals surface area contributed by atoms with Gasteiger partial charge >= 0.3 is 18.0 Å². The number of hydrogen-bond acceptors (Lipinski definition) is 8. The van der Waals surface area contributed by atoms with Crippen molar-refractivity contribution in [1.82, 2.24) is 36.3 Å². The third-order valence-corrected chi connectivity index (χ3v) is 5.99. The lowest BCUT2D eigenvalue weighted by Gasteiger charge is -2.18. The van der Waals surface area contributed by atoms with Gasteiger partial charge in [0.15, 0.2) is 0 Å². The zero-order valence-corrected chi connectivity index (χ0v) is 23.5. The molecule has 0 aliphatic heterocycles. The Morgan fingerprint density at radius 1 is 0.857 bits per heavy atom. The number of aryl methyl sites for hydroxylation is 1. The Hall–Kier alpha value is -4.31. The molecule has 1 heterocycles. The van der Waals surface area contributed by atoms with Gasteiger partial charge in [-0.05, 0) is 51.4 Å². The Labute approximate surface area is 242 Å². The van der Waals surface area contributed by atoms with Gasteiger partial charge in [-0.1, -0.05) is 11.6 Å². The lowest BCUT2D eigenvalue weighted by Crippen LogP contribution is -2.48. The highest BCUT2D eigenvalue weighted by Gasteiger charge is 2.22. The fourth-order valence-electron chi connectivity index (χ4n) is 3.84. The average Bonchev–Trinajstić information content (AvgIpc) is 3.37. The van der Waals surface area contributed by atoms with E-state index < -0.39 is 48.5 Å². The molecule has 1 aromatic rings. The van der Waals surface area contributed by atoms with E-state index in [1.807, 2.05) is 0 Å². The highest BCUT2D eigenvalue weighted by atomic mass is 19.1. The predicted octanol–water partition coefficient (Wildman–Crippen LogP) is -0.386. The van der Waals surface area contributed by atoms with Gasteiger partial charge in [0.1, 0.15) is 18.6 Å². The van der Waals surface area contributed by atoms with E-state index in [1.165, 1.54) is 10.9 Å². The van der Waals surface area contributed by atoms with Crippen molar-refractivity contribution in [2.75, 3.05) is 19.8 Å². The van der Waals surface area contributed by atoms with Gasteiger partial charge in [0.25, 0.3) is 0 Å². The number of carbonyl (C=O) groups excluding carboxylic acids is 4. The third kappa shape index (κ3) is 16.7. The lowest BCUT2D eigenvalue weighted by atomic mass is 10.1. The van der Waals surface area contributed by atoms with Gasteiger partial charge in [0.05, 0.1) is 12.4 Å². The van der Waals surface area contributed by atoms with Crippen LogP contribution in [0.2, 0.25) is 0 Å². The van der Waals surface area contributed by atoms with E-state index in [-0.39, 0.29) is 57.6 Å². The van der Waals surface area contributed by atoms with E-state index in [0.717, 1.165) is 0 Å². The molecule has 1 aromatic heterocycles. The van der Waals surface area contributed by atoms with Crippen molar-refractivity contribution < 1.29 is 43.4 Å². The number of carboxylic acids is 2. The SMILES string of the molecule is NC(=O)N[C@@H](CCCCNC(=O)CC[C@H](NC(=O)Cn1cc(CCCF)nn1)C(=O)NCCCCCC(=O)O)C(=O)O. The van der Waals surface area contributed by atoms with Gasteiger partial charge in [0, 0.05) is 32.1 Å². The number of rotatable bonds is 23. The normalized spacial score (nSPS) is 12.1. The summed E-state index contributed by atoms with van der Waals surface area (Å²) < 4.78 is 13.6. The average molecular weight is 601 g/mol. The number of urea groups is 1. The maximum Gasteiger partial charge on any atom is 0.326 e. The van der Waals surface area contributed by atoms with Crippen LogP contribution in [0.25, 0.3) is 0 Å². The summed E-state index contributed by atoms with van der Waals surface area (Å²) >= 11 is 0. The second-order valence-electron chi connectivity index (χ2n) is 9.60. The number of aliphatic carboxylic acids is 2. The van der Waals surface area contributed by atoms with Crippen LogP contribution in [0.4, 0.5) is 9.18 Å². The van der Waals surface area contributed by atoms with Crippen LogP contribution in [0.15, 0.2) is 6.20 Å². The summed E-state index contributed by atoms with van der Waals surface area (Å²) in [5, 5.41) is 35.6. The topological polar surface area (TPSA) is 248 Å². The van der Waals surface area contributed by atoms with Crippen LogP contribution in [-0.4, -0.2) is 92.7 Å². The number of hydrogen-bond donors (Lipinski definition) is 7. The molecule has 0 saturated carbocycles. The third-order valence-electron chi connectivity index (χ3n) is 5.99. The smallest absolute Gasteiger partial charge is 0.326 e. The van der Waals surface area contributed by atoms with Crippen LogP contribution >= 0.6 is 0 Å². The van der Waals surface area contributed by atoms with Crippen molar-refractivity contribution in [2.45, 2.75) is 89.3 Å². The molecule has 0 bridgehead atoms. The molecule has 0 unspecified atom stereocenters. The fourth-order valence-corrected chi connectivity index (χ4v) is 3.84. The first-order valence-corrected chi connectivity index (χ1v) is 13.8. The molecule has 0 spiro atoms. The van der Waals surface area contributed by atoms with Crippen molar-refractivity contribution in [3.63, 3.8) is 0 Å². The van der Waals surface area contributed by atoms with Crippen LogP contribution in [0.3, 0.4) is 0 Å². The number of halogens is 1. The number of carbonyl (C=O) groups is 6. The van der Waals surface area contributed by atoms with Crippen LogP contribution in [0, 0.1) is 0 Å². The van der Waals surface area contributed by atoms with Gasteiger partial charge in [0.2, 0.25) is 17.7 Å². The first-order valence-electron chi connectivity index (χ1n) is 13.8. The molecule has 0 aliphatic rings. The summed E-state index contributed by atoms with van der Waals surface area (Å²) in [5.74, 6) is -3.54. The number of alkyl halides is 1. The summed E-state index contributed by atoms with van der Waals surface area (Å²) in [6.45, 7) is -0.245. The van der Waals surface area contributed by atoms with Crippen molar-refractivity contribution in [2.24, 2.45) is 5.73 Å². The minimum atomic E-state index is -1.22. The van der Waals surface area contributed by atoms with Crippen LogP contribution in [0.5, 0.6) is 0 Å². The van der Waals surface area contributed by atoms with E-state index in [2.05, 4.69) is 31.6 Å². The number of carboxylic acid groups (broad SMARTS) is 2. The van der Waals surface area contributed by atoms with E-state index >= 15 is 0 Å². The molecule has 42 heavy (non-hydrogen) atoms. The summed E-state index contributed by atoms with van der Waals surface area (Å²) in [6.07, 6.45) is 4.65. The van der Waals surface area contributed by atoms with E-state index in [0.29, 0.717) is 44.2 Å². The van der Waals surface area contributed by atoms with E-state index in [1.54, 1.807) is 0 Å². The number of unbranched alkanes of at least 4 members (excludes halogenated alkanes) is 3. The van der Waals surface area contributed by atoms with Crippen molar-refractivity contribution in [1.29, 1.82) is 0 Å². The highest BCUT2D eigenvalue weighted by Crippen LogP contribution is 2.04. The van der Waals surface area contributed by atoms with Crippen molar-refractivity contribution >= 4 is 35.7 Å². The number of nitrogens with two attached hydrogens (primary N) is 1. The van der Waals surface area contributed by atoms with E-state index in [4.69, 9.17) is 15.9 Å². The maximum atomic E-state index is 12.8. The molecule has 2 atom stereocenters. The first-order chi connectivity index (χ1) is 20.0. The van der Waals surface area contributed by atoms with Crippen LogP contribution in [-0.2, 0) is 36.9 Å². The molecule has 0 saturated heterocycles. The molecule has 0 aliphatic carbocycles. The molecule has 0 fully saturated rings. The van der Waals surface area contributed by atoms with Crippen molar-refractivity contribution in [3.05, 3.63) is 11.9 Å². The molecular weight excluding hydrogens is 559 g/mol. The van der Waals surface area contributed by atoms with Gasteiger partial charge in [-0.3, -0.25) is 23.6 Å². The number of primary amides is 1. The number of nitrogens with one attached hydrogen (secondary N) is 4. The molecule has 236 valence electrons. The Balaban J connectivity index is 2.57. The zero-order chi connectivity index (χ0) is 31.3. The summed E-state index contributed by atoms with van der Waals surface area (Å²) in [4.78, 5) is 70.4. The first kappa shape index (κ1) is 35.7. The van der Waals surface area contributed by atoms with Gasteiger partial charge in [-0.25, -0.2) is 14.3 Å². The highest BCUT2D eigenvalue weighted by molar-refractivity contribution is 5.88. The Kier molecular flexibility index (Phi) is 17.5. The molecular formula is C25H41FN8O8. The summed E-state index contributed by atoms with van der Waals surface area (Å²) in [6, 6.07) is -3.11. The van der Waals surface area contributed by atoms with E-state index in [9.17, 15) is 33.2 Å².